The largest absolute Gasteiger partial charge is 0.386 e. The minimum atomic E-state index is -3.57. The molecule has 6 nitrogen and oxygen atoms in total. The van der Waals surface area contributed by atoms with Gasteiger partial charge in [-0.1, -0.05) is 13.3 Å². The Morgan fingerprint density at radius 3 is 2.27 bits per heavy atom. The first-order chi connectivity index (χ1) is 6.78. The van der Waals surface area contributed by atoms with Gasteiger partial charge in [-0.05, 0) is 20.3 Å². The van der Waals surface area contributed by atoms with Crippen LogP contribution in [-0.2, 0) is 10.2 Å². The predicted octanol–water partition coefficient (Wildman–Crippen LogP) is -0.0765. The molecule has 0 bridgehead atoms. The Kier molecular flexibility index (Phi) is 5.77. The van der Waals surface area contributed by atoms with Gasteiger partial charge in [-0.2, -0.15) is 17.9 Å². The Morgan fingerprint density at radius 2 is 1.93 bits per heavy atom. The van der Waals surface area contributed by atoms with Crippen LogP contribution in [0.2, 0.25) is 0 Å². The molecule has 0 spiro atoms. The third-order valence-electron chi connectivity index (χ3n) is 1.64. The van der Waals surface area contributed by atoms with Crippen LogP contribution in [0.25, 0.3) is 0 Å². The molecule has 0 aliphatic rings. The van der Waals surface area contributed by atoms with Crippen LogP contribution in [0.3, 0.4) is 0 Å². The number of hydrogen-bond donors (Lipinski definition) is 4. The quantitative estimate of drug-likeness (QED) is 0.367. The second-order valence-electron chi connectivity index (χ2n) is 3.69. The van der Waals surface area contributed by atoms with Crippen LogP contribution < -0.4 is 15.2 Å². The Labute approximate surface area is 91.3 Å². The van der Waals surface area contributed by atoms with Crippen molar-refractivity contribution >= 4 is 16.0 Å². The first-order valence-electron chi connectivity index (χ1n) is 4.92. The molecule has 0 aliphatic heterocycles. The van der Waals surface area contributed by atoms with E-state index >= 15 is 0 Å². The molecule has 0 aromatic carbocycles. The summed E-state index contributed by atoms with van der Waals surface area (Å²) in [6, 6.07) is -0.803. The maximum atomic E-state index is 11.5. The Hall–Kier alpha value is -0.660. The molecule has 0 amide bonds. The summed E-state index contributed by atoms with van der Waals surface area (Å²) in [5, 5.41) is 7.24. The monoisotopic (exact) mass is 236 g/mol. The fourth-order valence-corrected chi connectivity index (χ4v) is 2.41. The van der Waals surface area contributed by atoms with Gasteiger partial charge in [-0.3, -0.25) is 5.41 Å². The lowest BCUT2D eigenvalue weighted by Crippen LogP contribution is -2.49. The van der Waals surface area contributed by atoms with Crippen LogP contribution in [0.5, 0.6) is 0 Å². The van der Waals surface area contributed by atoms with E-state index in [2.05, 4.69) is 9.44 Å². The van der Waals surface area contributed by atoms with E-state index in [9.17, 15) is 8.42 Å². The van der Waals surface area contributed by atoms with Crippen molar-refractivity contribution in [1.29, 1.82) is 5.41 Å². The maximum absolute atomic E-state index is 11.5. The van der Waals surface area contributed by atoms with Gasteiger partial charge in [0.25, 0.3) is 10.2 Å². The van der Waals surface area contributed by atoms with Crippen LogP contribution in [0, 0.1) is 5.41 Å². The molecule has 0 aromatic heterocycles. The Morgan fingerprint density at radius 1 is 1.40 bits per heavy atom. The highest BCUT2D eigenvalue weighted by Gasteiger charge is 2.19. The standard InChI is InChI=1S/C8H20N4O2S/c1-4-5-7(8(9)10)12-15(13,14)11-6(2)3/h6-7,11-12H,4-5H2,1-3H3,(H3,9,10). The number of hydrogen-bond acceptors (Lipinski definition) is 3. The van der Waals surface area contributed by atoms with Gasteiger partial charge in [0, 0.05) is 6.04 Å². The van der Waals surface area contributed by atoms with Crippen LogP contribution >= 0.6 is 0 Å². The van der Waals surface area contributed by atoms with E-state index in [1.165, 1.54) is 0 Å². The lowest BCUT2D eigenvalue weighted by molar-refractivity contribution is 0.541. The van der Waals surface area contributed by atoms with Crippen molar-refractivity contribution in [3.05, 3.63) is 0 Å². The fraction of sp³-hybridized carbons (Fsp3) is 0.875. The van der Waals surface area contributed by atoms with Gasteiger partial charge in [0.05, 0.1) is 6.04 Å². The molecule has 0 rings (SSSR count). The second-order valence-corrected chi connectivity index (χ2v) is 5.17. The summed E-state index contributed by atoms with van der Waals surface area (Å²) in [7, 11) is -3.57. The van der Waals surface area contributed by atoms with Crippen molar-refractivity contribution in [2.45, 2.75) is 45.7 Å². The molecule has 15 heavy (non-hydrogen) atoms. The van der Waals surface area contributed by atoms with Crippen LogP contribution in [0.15, 0.2) is 0 Å². The van der Waals surface area contributed by atoms with E-state index < -0.39 is 16.3 Å². The summed E-state index contributed by atoms with van der Waals surface area (Å²) in [6.45, 7) is 5.35. The normalized spacial score (nSPS) is 14.1. The number of nitrogens with one attached hydrogen (secondary N) is 3. The van der Waals surface area contributed by atoms with E-state index in [4.69, 9.17) is 11.1 Å². The molecule has 5 N–H and O–H groups in total. The number of nitrogens with two attached hydrogens (primary N) is 1. The summed E-state index contributed by atoms with van der Waals surface area (Å²) in [5.41, 5.74) is 5.29. The van der Waals surface area contributed by atoms with Crippen molar-refractivity contribution in [3.8, 4) is 0 Å². The molecule has 90 valence electrons. The number of rotatable bonds is 7. The SMILES string of the molecule is CCCC(NS(=O)(=O)NC(C)C)C(=N)N. The van der Waals surface area contributed by atoms with Crippen molar-refractivity contribution < 1.29 is 8.42 Å². The average Bonchev–Trinajstić information content (AvgIpc) is 2.00. The smallest absolute Gasteiger partial charge is 0.277 e. The molecule has 0 saturated heterocycles. The molecular weight excluding hydrogens is 216 g/mol. The van der Waals surface area contributed by atoms with E-state index in [0.29, 0.717) is 6.42 Å². The average molecular weight is 236 g/mol. The van der Waals surface area contributed by atoms with Gasteiger partial charge in [-0.25, -0.2) is 0 Å². The van der Waals surface area contributed by atoms with E-state index in [1.54, 1.807) is 13.8 Å². The van der Waals surface area contributed by atoms with Crippen molar-refractivity contribution in [2.75, 3.05) is 0 Å². The molecule has 0 fully saturated rings. The van der Waals surface area contributed by atoms with Gasteiger partial charge in [0.15, 0.2) is 0 Å². The molecule has 0 saturated carbocycles. The van der Waals surface area contributed by atoms with Gasteiger partial charge in [0.1, 0.15) is 5.84 Å². The molecule has 1 atom stereocenters. The zero-order chi connectivity index (χ0) is 12.1. The van der Waals surface area contributed by atoms with Crippen molar-refractivity contribution in [2.24, 2.45) is 5.73 Å². The van der Waals surface area contributed by atoms with Crippen LogP contribution in [-0.4, -0.2) is 26.3 Å². The molecule has 0 aromatic rings. The van der Waals surface area contributed by atoms with E-state index in [-0.39, 0.29) is 11.9 Å². The summed E-state index contributed by atoms with van der Waals surface area (Å²) in [4.78, 5) is 0. The van der Waals surface area contributed by atoms with Crippen molar-refractivity contribution in [3.63, 3.8) is 0 Å². The molecule has 1 unspecified atom stereocenters. The molecule has 7 heteroatoms. The topological polar surface area (TPSA) is 108 Å². The van der Waals surface area contributed by atoms with Gasteiger partial charge < -0.3 is 5.73 Å². The highest BCUT2D eigenvalue weighted by Crippen LogP contribution is 1.98. The third-order valence-corrected chi connectivity index (χ3v) is 3.02. The molecule has 0 aliphatic carbocycles. The van der Waals surface area contributed by atoms with Gasteiger partial charge in [0.2, 0.25) is 0 Å². The first-order valence-corrected chi connectivity index (χ1v) is 6.40. The summed E-state index contributed by atoms with van der Waals surface area (Å²) >= 11 is 0. The maximum Gasteiger partial charge on any atom is 0.277 e. The summed E-state index contributed by atoms with van der Waals surface area (Å²) in [6.07, 6.45) is 1.28. The fourth-order valence-electron chi connectivity index (χ4n) is 1.10. The lowest BCUT2D eigenvalue weighted by Gasteiger charge is -2.18. The third kappa shape index (κ3) is 6.43. The highest BCUT2D eigenvalue weighted by atomic mass is 32.2. The summed E-state index contributed by atoms with van der Waals surface area (Å²) < 4.78 is 27.6. The Balaban J connectivity index is 4.45. The minimum Gasteiger partial charge on any atom is -0.386 e. The van der Waals surface area contributed by atoms with Crippen molar-refractivity contribution in [1.82, 2.24) is 9.44 Å². The van der Waals surface area contributed by atoms with Gasteiger partial charge >= 0.3 is 0 Å². The van der Waals surface area contributed by atoms with Gasteiger partial charge in [-0.15, -0.1) is 0 Å². The zero-order valence-electron chi connectivity index (χ0n) is 9.37. The summed E-state index contributed by atoms with van der Waals surface area (Å²) in [5.74, 6) is -0.161. The molecule has 0 heterocycles. The highest BCUT2D eigenvalue weighted by molar-refractivity contribution is 7.87. The lowest BCUT2D eigenvalue weighted by atomic mass is 10.2. The molecular formula is C8H20N4O2S. The first kappa shape index (κ1) is 14.3. The second kappa shape index (κ2) is 6.04. The predicted molar refractivity (Wildman–Crippen MR) is 60.9 cm³/mol. The molecule has 0 radical (unpaired) electrons. The zero-order valence-corrected chi connectivity index (χ0v) is 10.2. The van der Waals surface area contributed by atoms with E-state index in [0.717, 1.165) is 6.42 Å². The van der Waals surface area contributed by atoms with E-state index in [1.807, 2.05) is 6.92 Å². The minimum absolute atomic E-state index is 0.161. The van der Waals surface area contributed by atoms with Crippen LogP contribution in [0.4, 0.5) is 0 Å². The van der Waals surface area contributed by atoms with Crippen LogP contribution in [0.1, 0.15) is 33.6 Å². The Bertz CT molecular complexity index is 300. The number of amidine groups is 1.